The van der Waals surface area contributed by atoms with Crippen molar-refractivity contribution in [2.24, 2.45) is 0 Å². The normalized spacial score (nSPS) is 11.8. The molecular formula is C12H13BrN2O. The molecule has 0 amide bonds. The summed E-state index contributed by atoms with van der Waals surface area (Å²) >= 11 is 3.49. The lowest BCUT2D eigenvalue weighted by Crippen LogP contribution is -2.06. The first-order valence-electron chi connectivity index (χ1n) is 5.07. The van der Waals surface area contributed by atoms with Gasteiger partial charge in [-0.2, -0.15) is 4.98 Å². The number of aromatic nitrogens is 2. The van der Waals surface area contributed by atoms with Crippen LogP contribution in [0.4, 0.5) is 0 Å². The number of hydrogen-bond donors (Lipinski definition) is 0. The van der Waals surface area contributed by atoms with Gasteiger partial charge < -0.3 is 4.52 Å². The van der Waals surface area contributed by atoms with E-state index in [1.807, 2.05) is 45.0 Å². The van der Waals surface area contributed by atoms with E-state index in [0.717, 1.165) is 5.56 Å². The molecule has 0 aliphatic rings. The van der Waals surface area contributed by atoms with Crippen LogP contribution in [0.15, 0.2) is 28.8 Å². The highest BCUT2D eigenvalue weighted by Gasteiger charge is 2.24. The van der Waals surface area contributed by atoms with Crippen LogP contribution >= 0.6 is 15.9 Å². The summed E-state index contributed by atoms with van der Waals surface area (Å²) < 4.78 is 4.92. The molecule has 2 rings (SSSR count). The van der Waals surface area contributed by atoms with E-state index < -0.39 is 0 Å². The second kappa shape index (κ2) is 4.01. The molecule has 0 bridgehead atoms. The number of hydrogen-bond acceptors (Lipinski definition) is 3. The molecule has 0 atom stereocenters. The fourth-order valence-electron chi connectivity index (χ4n) is 1.28. The van der Waals surface area contributed by atoms with Crippen LogP contribution in [-0.4, -0.2) is 10.1 Å². The SMILES string of the molecule is Cc1ccc(-c2noc(C(C)(C)Br)n2)cc1. The summed E-state index contributed by atoms with van der Waals surface area (Å²) in [5.41, 5.74) is 2.19. The van der Waals surface area contributed by atoms with E-state index in [9.17, 15) is 0 Å². The van der Waals surface area contributed by atoms with Gasteiger partial charge in [0, 0.05) is 5.56 Å². The fraction of sp³-hybridized carbons (Fsp3) is 0.333. The molecule has 0 saturated heterocycles. The van der Waals surface area contributed by atoms with Crippen molar-refractivity contribution in [1.82, 2.24) is 10.1 Å². The van der Waals surface area contributed by atoms with Gasteiger partial charge in [0.1, 0.15) is 0 Å². The van der Waals surface area contributed by atoms with Crippen molar-refractivity contribution in [3.05, 3.63) is 35.7 Å². The average molecular weight is 281 g/mol. The van der Waals surface area contributed by atoms with Crippen LogP contribution in [-0.2, 0) is 4.32 Å². The third-order valence-corrected chi connectivity index (χ3v) is 2.58. The first-order valence-corrected chi connectivity index (χ1v) is 5.86. The zero-order valence-corrected chi connectivity index (χ0v) is 11.1. The molecule has 3 nitrogen and oxygen atoms in total. The summed E-state index contributed by atoms with van der Waals surface area (Å²) in [5, 5.41) is 3.97. The number of rotatable bonds is 2. The van der Waals surface area contributed by atoms with Crippen molar-refractivity contribution in [3.8, 4) is 11.4 Å². The molecule has 0 unspecified atom stereocenters. The topological polar surface area (TPSA) is 38.9 Å². The molecule has 1 heterocycles. The number of benzene rings is 1. The highest BCUT2D eigenvalue weighted by molar-refractivity contribution is 9.09. The standard InChI is InChI=1S/C12H13BrN2O/c1-8-4-6-9(7-5-8)10-14-11(16-15-10)12(2,3)13/h4-7H,1-3H3. The van der Waals surface area contributed by atoms with Crippen molar-refractivity contribution in [2.75, 3.05) is 0 Å². The van der Waals surface area contributed by atoms with Gasteiger partial charge in [0.15, 0.2) is 0 Å². The first kappa shape index (κ1) is 11.3. The average Bonchev–Trinajstić information content (AvgIpc) is 2.67. The van der Waals surface area contributed by atoms with E-state index in [1.165, 1.54) is 5.56 Å². The monoisotopic (exact) mass is 280 g/mol. The molecule has 4 heteroatoms. The number of alkyl halides is 1. The summed E-state index contributed by atoms with van der Waals surface area (Å²) in [6.07, 6.45) is 0. The van der Waals surface area contributed by atoms with Crippen LogP contribution in [0.1, 0.15) is 25.3 Å². The molecule has 2 aromatic rings. The third kappa shape index (κ3) is 2.32. The fourth-order valence-corrected chi connectivity index (χ4v) is 1.45. The van der Waals surface area contributed by atoms with Crippen LogP contribution in [0.25, 0.3) is 11.4 Å². The highest BCUT2D eigenvalue weighted by atomic mass is 79.9. The molecule has 0 fully saturated rings. The van der Waals surface area contributed by atoms with Gasteiger partial charge in [-0.05, 0) is 20.8 Å². The Morgan fingerprint density at radius 2 is 1.81 bits per heavy atom. The Balaban J connectivity index is 2.35. The Kier molecular flexibility index (Phi) is 2.84. The first-order chi connectivity index (χ1) is 7.47. The zero-order chi connectivity index (χ0) is 11.8. The molecule has 0 saturated carbocycles. The molecule has 0 radical (unpaired) electrons. The Hall–Kier alpha value is -1.16. The second-order valence-corrected chi connectivity index (χ2v) is 6.24. The molecule has 0 N–H and O–H groups in total. The van der Waals surface area contributed by atoms with Gasteiger partial charge in [-0.15, -0.1) is 0 Å². The van der Waals surface area contributed by atoms with Gasteiger partial charge in [0.2, 0.25) is 11.7 Å². The summed E-state index contributed by atoms with van der Waals surface area (Å²) in [6, 6.07) is 8.05. The molecule has 84 valence electrons. The van der Waals surface area contributed by atoms with Crippen molar-refractivity contribution in [3.63, 3.8) is 0 Å². The van der Waals surface area contributed by atoms with Crippen molar-refractivity contribution < 1.29 is 4.52 Å². The number of halogens is 1. The highest BCUT2D eigenvalue weighted by Crippen LogP contribution is 2.29. The van der Waals surface area contributed by atoms with Crippen molar-refractivity contribution in [2.45, 2.75) is 25.1 Å². The Morgan fingerprint density at radius 3 is 2.31 bits per heavy atom. The van der Waals surface area contributed by atoms with E-state index in [4.69, 9.17) is 4.52 Å². The summed E-state index contributed by atoms with van der Waals surface area (Å²) in [4.78, 5) is 4.36. The molecule has 0 aliphatic heterocycles. The van der Waals surface area contributed by atoms with E-state index in [-0.39, 0.29) is 4.32 Å². The maximum atomic E-state index is 5.21. The number of aryl methyl sites for hydroxylation is 1. The molecule has 1 aromatic heterocycles. The maximum Gasteiger partial charge on any atom is 0.243 e. The molecule has 1 aromatic carbocycles. The third-order valence-electron chi connectivity index (χ3n) is 2.24. The minimum Gasteiger partial charge on any atom is -0.337 e. The minimum absolute atomic E-state index is 0.289. The van der Waals surface area contributed by atoms with Gasteiger partial charge in [-0.3, -0.25) is 0 Å². The van der Waals surface area contributed by atoms with E-state index in [1.54, 1.807) is 0 Å². The van der Waals surface area contributed by atoms with Crippen LogP contribution < -0.4 is 0 Å². The lowest BCUT2D eigenvalue weighted by molar-refractivity contribution is 0.357. The summed E-state index contributed by atoms with van der Waals surface area (Å²) in [7, 11) is 0. The minimum atomic E-state index is -0.289. The smallest absolute Gasteiger partial charge is 0.243 e. The predicted octanol–water partition coefficient (Wildman–Crippen LogP) is 3.68. The van der Waals surface area contributed by atoms with E-state index in [2.05, 4.69) is 26.1 Å². The second-order valence-electron chi connectivity index (χ2n) is 4.26. The van der Waals surface area contributed by atoms with Crippen molar-refractivity contribution >= 4 is 15.9 Å². The largest absolute Gasteiger partial charge is 0.337 e. The Bertz CT molecular complexity index is 482. The molecule has 0 aliphatic carbocycles. The summed E-state index contributed by atoms with van der Waals surface area (Å²) in [6.45, 7) is 5.99. The Labute approximate surface area is 103 Å². The van der Waals surface area contributed by atoms with Gasteiger partial charge in [0.25, 0.3) is 0 Å². The van der Waals surface area contributed by atoms with Crippen LogP contribution in [0.2, 0.25) is 0 Å². The molecular weight excluding hydrogens is 268 g/mol. The van der Waals surface area contributed by atoms with Gasteiger partial charge in [-0.25, -0.2) is 0 Å². The van der Waals surface area contributed by atoms with Gasteiger partial charge >= 0.3 is 0 Å². The lowest BCUT2D eigenvalue weighted by Gasteiger charge is -2.07. The van der Waals surface area contributed by atoms with E-state index >= 15 is 0 Å². The zero-order valence-electron chi connectivity index (χ0n) is 9.49. The molecule has 16 heavy (non-hydrogen) atoms. The maximum absolute atomic E-state index is 5.21. The quantitative estimate of drug-likeness (QED) is 0.788. The van der Waals surface area contributed by atoms with Crippen LogP contribution in [0.3, 0.4) is 0 Å². The van der Waals surface area contributed by atoms with Crippen LogP contribution in [0.5, 0.6) is 0 Å². The number of nitrogens with zero attached hydrogens (tertiary/aromatic N) is 2. The lowest BCUT2D eigenvalue weighted by atomic mass is 10.1. The van der Waals surface area contributed by atoms with Gasteiger partial charge in [-0.1, -0.05) is 50.9 Å². The molecule has 0 spiro atoms. The van der Waals surface area contributed by atoms with Crippen molar-refractivity contribution in [1.29, 1.82) is 0 Å². The van der Waals surface area contributed by atoms with E-state index in [0.29, 0.717) is 11.7 Å². The van der Waals surface area contributed by atoms with Gasteiger partial charge in [0.05, 0.1) is 4.32 Å². The van der Waals surface area contributed by atoms with Crippen LogP contribution in [0, 0.1) is 6.92 Å². The predicted molar refractivity (Wildman–Crippen MR) is 66.4 cm³/mol. The summed E-state index contributed by atoms with van der Waals surface area (Å²) in [5.74, 6) is 1.21. The Morgan fingerprint density at radius 1 is 1.19 bits per heavy atom.